The monoisotopic (exact) mass is 342 g/mol. The highest BCUT2D eigenvalue weighted by molar-refractivity contribution is 6.34. The van der Waals surface area contributed by atoms with E-state index in [1.807, 2.05) is 0 Å². The van der Waals surface area contributed by atoms with Gasteiger partial charge in [0, 0.05) is 11.1 Å². The van der Waals surface area contributed by atoms with Gasteiger partial charge < -0.3 is 15.2 Å². The largest absolute Gasteiger partial charge is 0.545 e. The summed E-state index contributed by atoms with van der Waals surface area (Å²) in [5.74, 6) is -2.49. The number of nitrogens with one attached hydrogen (secondary N) is 1. The molecule has 0 saturated carbocycles. The molecule has 2 aromatic carbocycles. The van der Waals surface area contributed by atoms with E-state index >= 15 is 0 Å². The lowest BCUT2D eigenvalue weighted by Crippen LogP contribution is -2.26. The van der Waals surface area contributed by atoms with E-state index in [-0.39, 0.29) is 21.8 Å². The number of rotatable bonds is 3. The highest BCUT2D eigenvalue weighted by Gasteiger charge is 2.31. The number of amides is 1. The molecule has 0 radical (unpaired) electrons. The second-order valence-electron chi connectivity index (χ2n) is 4.48. The molecule has 0 atom stereocenters. The Labute approximate surface area is 133 Å². The summed E-state index contributed by atoms with van der Waals surface area (Å²) in [5, 5.41) is 13.0. The van der Waals surface area contributed by atoms with Crippen molar-refractivity contribution < 1.29 is 27.9 Å². The van der Waals surface area contributed by atoms with Crippen LogP contribution in [-0.4, -0.2) is 11.9 Å². The maximum absolute atomic E-state index is 12.7. The van der Waals surface area contributed by atoms with Crippen LogP contribution in [0.15, 0.2) is 42.5 Å². The lowest BCUT2D eigenvalue weighted by Gasteiger charge is -2.13. The Kier molecular flexibility index (Phi) is 4.60. The molecule has 0 unspecified atom stereocenters. The van der Waals surface area contributed by atoms with Crippen molar-refractivity contribution in [2.24, 2.45) is 0 Å². The van der Waals surface area contributed by atoms with Gasteiger partial charge in [-0.25, -0.2) is 0 Å². The number of benzene rings is 2. The van der Waals surface area contributed by atoms with Gasteiger partial charge in [0.2, 0.25) is 0 Å². The van der Waals surface area contributed by atoms with Crippen molar-refractivity contribution in [2.75, 3.05) is 5.32 Å². The summed E-state index contributed by atoms with van der Waals surface area (Å²) >= 11 is 5.77. The molecule has 2 rings (SSSR count). The summed E-state index contributed by atoms with van der Waals surface area (Å²) < 4.78 is 38.1. The Morgan fingerprint density at radius 3 is 2.22 bits per heavy atom. The molecule has 23 heavy (non-hydrogen) atoms. The number of carbonyl (C=O) groups excluding carboxylic acids is 2. The highest BCUT2D eigenvalue weighted by Crippen LogP contribution is 2.34. The average molecular weight is 343 g/mol. The van der Waals surface area contributed by atoms with Crippen molar-refractivity contribution >= 4 is 29.2 Å². The Bertz CT molecular complexity index is 775. The van der Waals surface area contributed by atoms with Gasteiger partial charge in [-0.2, -0.15) is 13.2 Å². The lowest BCUT2D eigenvalue weighted by atomic mass is 10.1. The average Bonchev–Trinajstić information content (AvgIpc) is 2.48. The van der Waals surface area contributed by atoms with Gasteiger partial charge in [0.05, 0.1) is 22.2 Å². The van der Waals surface area contributed by atoms with Crippen LogP contribution in [0, 0.1) is 0 Å². The first-order valence-electron chi connectivity index (χ1n) is 6.18. The second-order valence-corrected chi connectivity index (χ2v) is 4.89. The van der Waals surface area contributed by atoms with Crippen LogP contribution in [0.4, 0.5) is 18.9 Å². The molecule has 8 heteroatoms. The predicted octanol–water partition coefficient (Wildman–Crippen LogP) is 2.97. The molecule has 4 nitrogen and oxygen atoms in total. The van der Waals surface area contributed by atoms with E-state index in [9.17, 15) is 27.9 Å². The van der Waals surface area contributed by atoms with Crippen LogP contribution in [0.1, 0.15) is 26.3 Å². The Morgan fingerprint density at radius 1 is 1.04 bits per heavy atom. The number of hydrogen-bond donors (Lipinski definition) is 1. The number of carbonyl (C=O) groups is 2. The lowest BCUT2D eigenvalue weighted by molar-refractivity contribution is -0.255. The van der Waals surface area contributed by atoms with Crippen LogP contribution < -0.4 is 10.4 Å². The second kappa shape index (κ2) is 6.29. The molecule has 0 aromatic heterocycles. The summed E-state index contributed by atoms with van der Waals surface area (Å²) in [6, 6.07) is 7.59. The van der Waals surface area contributed by atoms with Gasteiger partial charge in [-0.3, -0.25) is 4.79 Å². The SMILES string of the molecule is O=C([O-])c1ccccc1C(=O)Nc1cc(C(F)(F)F)ccc1Cl. The number of alkyl halides is 3. The third-order valence-corrected chi connectivity index (χ3v) is 3.26. The molecular formula is C15H8ClF3NO3-. The van der Waals surface area contributed by atoms with Crippen LogP contribution in [-0.2, 0) is 6.18 Å². The molecule has 0 aliphatic carbocycles. The predicted molar refractivity (Wildman–Crippen MR) is 75.2 cm³/mol. The van der Waals surface area contributed by atoms with E-state index in [0.717, 1.165) is 18.2 Å². The standard InChI is InChI=1S/C15H9ClF3NO3/c16-11-6-5-8(15(17,18)19)7-12(11)20-13(21)9-3-1-2-4-10(9)14(22)23/h1-7H,(H,20,21)(H,22,23)/p-1. The van der Waals surface area contributed by atoms with Crippen LogP contribution >= 0.6 is 11.6 Å². The molecule has 0 spiro atoms. The third kappa shape index (κ3) is 3.81. The summed E-state index contributed by atoms with van der Waals surface area (Å²) in [4.78, 5) is 23.1. The van der Waals surface area contributed by atoms with Crippen LogP contribution in [0.2, 0.25) is 5.02 Å². The van der Waals surface area contributed by atoms with E-state index in [0.29, 0.717) is 6.07 Å². The first-order valence-corrected chi connectivity index (χ1v) is 6.56. The normalized spacial score (nSPS) is 11.1. The molecule has 0 aliphatic heterocycles. The maximum atomic E-state index is 12.7. The number of anilines is 1. The van der Waals surface area contributed by atoms with Crippen LogP contribution in [0.5, 0.6) is 0 Å². The zero-order valence-corrected chi connectivity index (χ0v) is 12.0. The fraction of sp³-hybridized carbons (Fsp3) is 0.0667. The van der Waals surface area contributed by atoms with Crippen molar-refractivity contribution in [1.82, 2.24) is 0 Å². The van der Waals surface area contributed by atoms with Crippen molar-refractivity contribution in [3.8, 4) is 0 Å². The van der Waals surface area contributed by atoms with Gasteiger partial charge in [-0.15, -0.1) is 0 Å². The van der Waals surface area contributed by atoms with Crippen molar-refractivity contribution in [2.45, 2.75) is 6.18 Å². The van der Waals surface area contributed by atoms with Crippen molar-refractivity contribution in [3.63, 3.8) is 0 Å². The molecule has 1 amide bonds. The first-order chi connectivity index (χ1) is 10.7. The zero-order chi connectivity index (χ0) is 17.2. The molecule has 1 N–H and O–H groups in total. The summed E-state index contributed by atoms with van der Waals surface area (Å²) in [5.41, 5.74) is -1.90. The molecule has 0 heterocycles. The first kappa shape index (κ1) is 16.8. The minimum absolute atomic E-state index is 0.114. The molecule has 2 aromatic rings. The van der Waals surface area contributed by atoms with Gasteiger partial charge >= 0.3 is 6.18 Å². The summed E-state index contributed by atoms with van der Waals surface area (Å²) in [7, 11) is 0. The topological polar surface area (TPSA) is 69.2 Å². The molecule has 0 fully saturated rings. The molecule has 120 valence electrons. The number of aromatic carboxylic acids is 1. The van der Waals surface area contributed by atoms with Gasteiger partial charge in [-0.1, -0.05) is 29.8 Å². The fourth-order valence-corrected chi connectivity index (χ4v) is 2.01. The highest BCUT2D eigenvalue weighted by atomic mass is 35.5. The van der Waals surface area contributed by atoms with Gasteiger partial charge in [0.25, 0.3) is 5.91 Å². The number of hydrogen-bond acceptors (Lipinski definition) is 3. The Balaban J connectivity index is 2.36. The van der Waals surface area contributed by atoms with E-state index in [4.69, 9.17) is 11.6 Å². The third-order valence-electron chi connectivity index (χ3n) is 2.93. The van der Waals surface area contributed by atoms with Crippen LogP contribution in [0.3, 0.4) is 0 Å². The van der Waals surface area contributed by atoms with Gasteiger partial charge in [0.1, 0.15) is 0 Å². The smallest absolute Gasteiger partial charge is 0.416 e. The van der Waals surface area contributed by atoms with Crippen molar-refractivity contribution in [1.29, 1.82) is 0 Å². The quantitative estimate of drug-likeness (QED) is 0.932. The molecule has 0 aliphatic rings. The fourth-order valence-electron chi connectivity index (χ4n) is 1.85. The maximum Gasteiger partial charge on any atom is 0.416 e. The molecule has 0 bridgehead atoms. The minimum atomic E-state index is -4.60. The molecule has 0 saturated heterocycles. The zero-order valence-electron chi connectivity index (χ0n) is 11.3. The van der Waals surface area contributed by atoms with Crippen LogP contribution in [0.25, 0.3) is 0 Å². The van der Waals surface area contributed by atoms with E-state index in [2.05, 4.69) is 5.32 Å². The Hall–Kier alpha value is -2.54. The van der Waals surface area contributed by atoms with E-state index in [1.54, 1.807) is 0 Å². The summed E-state index contributed by atoms with van der Waals surface area (Å²) in [6.45, 7) is 0. The van der Waals surface area contributed by atoms with Crippen molar-refractivity contribution in [3.05, 3.63) is 64.2 Å². The van der Waals surface area contributed by atoms with E-state index < -0.39 is 23.6 Å². The number of halogens is 4. The minimum Gasteiger partial charge on any atom is -0.545 e. The van der Waals surface area contributed by atoms with Gasteiger partial charge in [0.15, 0.2) is 0 Å². The summed E-state index contributed by atoms with van der Waals surface area (Å²) in [6.07, 6.45) is -4.60. The Morgan fingerprint density at radius 2 is 1.65 bits per heavy atom. The van der Waals surface area contributed by atoms with E-state index in [1.165, 1.54) is 18.2 Å². The number of carboxylic acids is 1. The molecular weight excluding hydrogens is 335 g/mol. The van der Waals surface area contributed by atoms with Gasteiger partial charge in [-0.05, 0) is 24.3 Å². The number of carboxylic acid groups (broad SMARTS) is 1.